The highest BCUT2D eigenvalue weighted by molar-refractivity contribution is 9.10. The van der Waals surface area contributed by atoms with Crippen molar-refractivity contribution in [1.29, 1.82) is 0 Å². The summed E-state index contributed by atoms with van der Waals surface area (Å²) in [4.78, 5) is 10.2. The van der Waals surface area contributed by atoms with Gasteiger partial charge >= 0.3 is 0 Å². The minimum atomic E-state index is -0.292. The molecule has 0 aliphatic rings. The molecule has 0 aliphatic heterocycles. The van der Waals surface area contributed by atoms with E-state index in [0.29, 0.717) is 6.47 Å². The van der Waals surface area contributed by atoms with Crippen molar-refractivity contribution in [1.82, 2.24) is 0 Å². The molecule has 1 aromatic carbocycles. The normalized spacial score (nSPS) is 12.1. The average Bonchev–Trinajstić information content (AvgIpc) is 2.86. The van der Waals surface area contributed by atoms with Crippen LogP contribution < -0.4 is 5.73 Å². The lowest BCUT2D eigenvalue weighted by Crippen LogP contribution is -2.16. The van der Waals surface area contributed by atoms with Crippen molar-refractivity contribution in [2.75, 3.05) is 6.61 Å². The van der Waals surface area contributed by atoms with Gasteiger partial charge in [0.05, 0.1) is 6.04 Å². The third kappa shape index (κ3) is 2.98. The number of hydrogen-bond donors (Lipinski definition) is 1. The van der Waals surface area contributed by atoms with Crippen molar-refractivity contribution < 1.29 is 9.53 Å². The van der Waals surface area contributed by atoms with E-state index in [4.69, 9.17) is 10.5 Å². The highest BCUT2D eigenvalue weighted by Gasteiger charge is 2.14. The maximum absolute atomic E-state index is 10.2. The number of carbonyl (C=O) groups excluding carboxylic acids is 1. The second-order valence-corrected chi connectivity index (χ2v) is 5.44. The van der Waals surface area contributed by atoms with E-state index in [-0.39, 0.29) is 12.6 Å². The Kier molecular flexibility index (Phi) is 4.52. The summed E-state index contributed by atoms with van der Waals surface area (Å²) in [5, 5.41) is 4.05. The van der Waals surface area contributed by atoms with Crippen molar-refractivity contribution in [2.45, 2.75) is 6.04 Å². The van der Waals surface area contributed by atoms with Gasteiger partial charge in [0.1, 0.15) is 6.61 Å². The Balaban J connectivity index is 2.26. The number of hydrogen-bond acceptors (Lipinski definition) is 4. The molecule has 0 spiro atoms. The Bertz CT molecular complexity index is 524. The van der Waals surface area contributed by atoms with E-state index in [1.807, 2.05) is 29.6 Å². The standard InChI is InChI=1S/C13H12BrNO2S/c14-10-3-1-9(2-4-10)11-6-18-7-12(11)13(15)5-17-8-16/h1-4,6-8,13H,5,15H2. The number of nitrogens with two attached hydrogens (primary N) is 1. The first-order valence-corrected chi connectivity index (χ1v) is 7.09. The highest BCUT2D eigenvalue weighted by atomic mass is 79.9. The van der Waals surface area contributed by atoms with Gasteiger partial charge in [-0.3, -0.25) is 4.79 Å². The Morgan fingerprint density at radius 1 is 1.33 bits per heavy atom. The zero-order valence-corrected chi connectivity index (χ0v) is 11.9. The maximum Gasteiger partial charge on any atom is 0.293 e. The largest absolute Gasteiger partial charge is 0.466 e. The topological polar surface area (TPSA) is 52.3 Å². The van der Waals surface area contributed by atoms with Crippen LogP contribution in [0.25, 0.3) is 11.1 Å². The molecule has 1 atom stereocenters. The molecule has 0 saturated heterocycles. The lowest BCUT2D eigenvalue weighted by Gasteiger charge is -2.11. The molecule has 1 aromatic heterocycles. The van der Waals surface area contributed by atoms with Crippen LogP contribution >= 0.6 is 27.3 Å². The van der Waals surface area contributed by atoms with E-state index in [9.17, 15) is 4.79 Å². The molecule has 5 heteroatoms. The van der Waals surface area contributed by atoms with Gasteiger partial charge in [-0.05, 0) is 39.6 Å². The monoisotopic (exact) mass is 325 g/mol. The fraction of sp³-hybridized carbons (Fsp3) is 0.154. The SMILES string of the molecule is NC(COC=O)c1cscc1-c1ccc(Br)cc1. The summed E-state index contributed by atoms with van der Waals surface area (Å²) in [5.74, 6) is 0. The predicted octanol–water partition coefficient (Wildman–Crippen LogP) is 3.35. The van der Waals surface area contributed by atoms with Crippen LogP contribution in [0, 0.1) is 0 Å². The molecule has 1 heterocycles. The van der Waals surface area contributed by atoms with Gasteiger partial charge in [0.15, 0.2) is 0 Å². The summed E-state index contributed by atoms with van der Waals surface area (Å²) in [5.41, 5.74) is 9.21. The molecule has 94 valence electrons. The lowest BCUT2D eigenvalue weighted by molar-refractivity contribution is -0.129. The first kappa shape index (κ1) is 13.3. The van der Waals surface area contributed by atoms with Crippen LogP contribution in [0.2, 0.25) is 0 Å². The molecule has 0 amide bonds. The first-order chi connectivity index (χ1) is 8.72. The molecular formula is C13H12BrNO2S. The third-order valence-electron chi connectivity index (χ3n) is 2.59. The molecule has 0 fully saturated rings. The Morgan fingerprint density at radius 3 is 2.72 bits per heavy atom. The van der Waals surface area contributed by atoms with Crippen LogP contribution in [0.4, 0.5) is 0 Å². The van der Waals surface area contributed by atoms with Gasteiger partial charge in [0, 0.05) is 4.47 Å². The molecule has 0 bridgehead atoms. The van der Waals surface area contributed by atoms with Crippen molar-refractivity contribution in [3.63, 3.8) is 0 Å². The lowest BCUT2D eigenvalue weighted by atomic mass is 10.0. The molecule has 0 radical (unpaired) electrons. The van der Waals surface area contributed by atoms with Gasteiger partial charge < -0.3 is 10.5 Å². The summed E-state index contributed by atoms with van der Waals surface area (Å²) in [6, 6.07) is 7.75. The zero-order chi connectivity index (χ0) is 13.0. The minimum absolute atomic E-state index is 0.198. The summed E-state index contributed by atoms with van der Waals surface area (Å²) in [6.45, 7) is 0.620. The third-order valence-corrected chi connectivity index (χ3v) is 3.88. The van der Waals surface area contributed by atoms with Gasteiger partial charge in [-0.1, -0.05) is 28.1 Å². The second kappa shape index (κ2) is 6.13. The van der Waals surface area contributed by atoms with Crippen LogP contribution in [-0.4, -0.2) is 13.1 Å². The van der Waals surface area contributed by atoms with Gasteiger partial charge in [-0.15, -0.1) is 0 Å². The molecule has 18 heavy (non-hydrogen) atoms. The van der Waals surface area contributed by atoms with Crippen LogP contribution in [0.15, 0.2) is 39.5 Å². The quantitative estimate of drug-likeness (QED) is 0.857. The van der Waals surface area contributed by atoms with Crippen LogP contribution in [0.5, 0.6) is 0 Å². The number of ether oxygens (including phenoxy) is 1. The molecule has 2 aromatic rings. The van der Waals surface area contributed by atoms with Gasteiger partial charge in [0.2, 0.25) is 0 Å². The molecule has 0 aliphatic carbocycles. The summed E-state index contributed by atoms with van der Waals surface area (Å²) >= 11 is 5.00. The van der Waals surface area contributed by atoms with Crippen LogP contribution in [0.1, 0.15) is 11.6 Å². The Morgan fingerprint density at radius 2 is 2.06 bits per heavy atom. The summed E-state index contributed by atoms with van der Waals surface area (Å²) < 4.78 is 5.76. The fourth-order valence-corrected chi connectivity index (χ4v) is 2.88. The van der Waals surface area contributed by atoms with E-state index in [1.54, 1.807) is 11.3 Å². The van der Waals surface area contributed by atoms with Crippen molar-refractivity contribution in [3.05, 3.63) is 45.1 Å². The minimum Gasteiger partial charge on any atom is -0.466 e. The number of thiophene rings is 1. The molecule has 2 N–H and O–H groups in total. The second-order valence-electron chi connectivity index (χ2n) is 3.78. The predicted molar refractivity (Wildman–Crippen MR) is 76.4 cm³/mol. The molecule has 1 unspecified atom stereocenters. The fourth-order valence-electron chi connectivity index (χ4n) is 1.69. The van der Waals surface area contributed by atoms with E-state index in [0.717, 1.165) is 21.2 Å². The first-order valence-electron chi connectivity index (χ1n) is 5.35. The average molecular weight is 326 g/mol. The van der Waals surface area contributed by atoms with E-state index in [2.05, 4.69) is 21.3 Å². The van der Waals surface area contributed by atoms with Crippen molar-refractivity contribution in [3.8, 4) is 11.1 Å². The molecular weight excluding hydrogens is 314 g/mol. The number of carbonyl (C=O) groups is 1. The smallest absolute Gasteiger partial charge is 0.293 e. The van der Waals surface area contributed by atoms with E-state index < -0.39 is 0 Å². The van der Waals surface area contributed by atoms with Crippen molar-refractivity contribution >= 4 is 33.7 Å². The molecule has 0 saturated carbocycles. The van der Waals surface area contributed by atoms with Gasteiger partial charge in [-0.2, -0.15) is 11.3 Å². The number of benzene rings is 1. The van der Waals surface area contributed by atoms with E-state index >= 15 is 0 Å². The zero-order valence-electron chi connectivity index (χ0n) is 9.51. The maximum atomic E-state index is 10.2. The highest BCUT2D eigenvalue weighted by Crippen LogP contribution is 2.31. The Hall–Kier alpha value is -1.17. The van der Waals surface area contributed by atoms with Gasteiger partial charge in [-0.25, -0.2) is 0 Å². The summed E-state index contributed by atoms with van der Waals surface area (Å²) in [6.07, 6.45) is 0. The molecule has 2 rings (SSSR count). The molecule has 3 nitrogen and oxygen atoms in total. The van der Waals surface area contributed by atoms with Crippen LogP contribution in [-0.2, 0) is 9.53 Å². The summed E-state index contributed by atoms with van der Waals surface area (Å²) in [7, 11) is 0. The van der Waals surface area contributed by atoms with E-state index in [1.165, 1.54) is 0 Å². The Labute approximate surface area is 118 Å². The van der Waals surface area contributed by atoms with Crippen LogP contribution in [0.3, 0.4) is 0 Å². The number of halogens is 1. The number of rotatable bonds is 5. The van der Waals surface area contributed by atoms with Crippen molar-refractivity contribution in [2.24, 2.45) is 5.73 Å². The van der Waals surface area contributed by atoms with Gasteiger partial charge in [0.25, 0.3) is 6.47 Å².